The number of hydrogen-bond acceptors (Lipinski definition) is 10. The highest BCUT2D eigenvalue weighted by Gasteiger charge is 2.31. The van der Waals surface area contributed by atoms with Crippen LogP contribution in [0.4, 0.5) is 29.3 Å². The lowest BCUT2D eigenvalue weighted by molar-refractivity contribution is -0.137. The molecule has 38 heavy (non-hydrogen) atoms. The smallest absolute Gasteiger partial charge is 0.355 e. The molecule has 0 radical (unpaired) electrons. The molecule has 10 nitrogen and oxygen atoms in total. The number of alkyl halides is 3. The van der Waals surface area contributed by atoms with Crippen LogP contribution in [0.5, 0.6) is 0 Å². The van der Waals surface area contributed by atoms with Crippen LogP contribution < -0.4 is 15.5 Å². The number of nitrogens with zero attached hydrogens (tertiary/aromatic N) is 7. The van der Waals surface area contributed by atoms with Crippen LogP contribution in [0.3, 0.4) is 0 Å². The lowest BCUT2D eigenvalue weighted by Crippen LogP contribution is -2.34. The summed E-state index contributed by atoms with van der Waals surface area (Å²) in [6, 6.07) is 5.15. The number of aromatic nitrogens is 5. The molecule has 1 amide bonds. The van der Waals surface area contributed by atoms with Crippen LogP contribution in [0.1, 0.15) is 36.8 Å². The number of piperidine rings is 1. The summed E-state index contributed by atoms with van der Waals surface area (Å²) in [6.45, 7) is 3.49. The van der Waals surface area contributed by atoms with Crippen LogP contribution >= 0.6 is 11.3 Å². The zero-order chi connectivity index (χ0) is 26.5. The highest BCUT2D eigenvalue weighted by molar-refractivity contribution is 7.19. The molecule has 0 unspecified atom stereocenters. The summed E-state index contributed by atoms with van der Waals surface area (Å²) in [5, 5.41) is 23.7. The van der Waals surface area contributed by atoms with E-state index in [4.69, 9.17) is 0 Å². The second-order valence-electron chi connectivity index (χ2n) is 9.62. The van der Waals surface area contributed by atoms with Crippen molar-refractivity contribution >= 4 is 33.3 Å². The minimum atomic E-state index is -4.40. The summed E-state index contributed by atoms with van der Waals surface area (Å²) in [4.78, 5) is 20.6. The van der Waals surface area contributed by atoms with E-state index >= 15 is 0 Å². The minimum absolute atomic E-state index is 0.108. The second-order valence-corrected chi connectivity index (χ2v) is 10.6. The first-order chi connectivity index (χ1) is 18.3. The van der Waals surface area contributed by atoms with E-state index in [1.54, 1.807) is 6.20 Å². The van der Waals surface area contributed by atoms with E-state index in [1.807, 2.05) is 12.1 Å². The molecule has 5 rings (SSSR count). The number of carbonyl (C=O) groups is 1. The third-order valence-electron chi connectivity index (χ3n) is 6.78. The average Bonchev–Trinajstić information content (AvgIpc) is 3.55. The van der Waals surface area contributed by atoms with Crippen molar-refractivity contribution < 1.29 is 18.0 Å². The molecule has 0 aliphatic carbocycles. The predicted octanol–water partition coefficient (Wildman–Crippen LogP) is 3.67. The van der Waals surface area contributed by atoms with E-state index in [9.17, 15) is 18.0 Å². The SMILES string of the molecule is O=C(CC1CCN(Cc2cncc(C(F)(F)F)c2)CC1)Nc1nnc(N[C@@H]2CCN(c3cccnn3)C2)s1. The normalized spacial score (nSPS) is 19.0. The first-order valence-corrected chi connectivity index (χ1v) is 13.3. The number of pyridine rings is 1. The standard InChI is InChI=1S/C24H28F3N9OS/c25-24(26,27)18-10-17(12-28-13-18)14-35-7-3-16(4-8-35)11-21(37)31-23-34-33-22(38-23)30-19-5-9-36(15-19)20-2-1-6-29-32-20/h1-2,6,10,12-13,16,19H,3-5,7-9,11,14-15H2,(H,30,33)(H,31,34,37)/t19-/m1/s1. The lowest BCUT2D eigenvalue weighted by atomic mass is 9.93. The van der Waals surface area contributed by atoms with Crippen LogP contribution in [0.25, 0.3) is 0 Å². The fraction of sp³-hybridized carbons (Fsp3) is 0.500. The number of hydrogen-bond donors (Lipinski definition) is 2. The first-order valence-electron chi connectivity index (χ1n) is 12.5. The van der Waals surface area contributed by atoms with Gasteiger partial charge in [-0.2, -0.15) is 18.3 Å². The molecular weight excluding hydrogens is 519 g/mol. The van der Waals surface area contributed by atoms with Crippen molar-refractivity contribution in [3.8, 4) is 0 Å². The number of likely N-dealkylation sites (tertiary alicyclic amines) is 1. The molecule has 2 aliphatic rings. The van der Waals surface area contributed by atoms with Crippen molar-refractivity contribution in [3.63, 3.8) is 0 Å². The highest BCUT2D eigenvalue weighted by Crippen LogP contribution is 2.30. The van der Waals surface area contributed by atoms with Crippen LogP contribution in [-0.2, 0) is 17.5 Å². The number of amides is 1. The molecule has 0 aromatic carbocycles. The summed E-state index contributed by atoms with van der Waals surface area (Å²) in [6.07, 6.45) is 2.47. The van der Waals surface area contributed by atoms with Crippen LogP contribution in [0, 0.1) is 5.92 Å². The first kappa shape index (κ1) is 26.2. The molecule has 0 saturated carbocycles. The van der Waals surface area contributed by atoms with Crippen molar-refractivity contribution in [1.82, 2.24) is 30.3 Å². The third-order valence-corrected chi connectivity index (χ3v) is 7.55. The molecule has 2 saturated heterocycles. The summed E-state index contributed by atoms with van der Waals surface area (Å²) in [7, 11) is 0. The Bertz CT molecular complexity index is 1220. The fourth-order valence-electron chi connectivity index (χ4n) is 4.82. The van der Waals surface area contributed by atoms with Gasteiger partial charge in [0.2, 0.25) is 16.2 Å². The molecular formula is C24H28F3N9OS. The topological polar surface area (TPSA) is 112 Å². The van der Waals surface area contributed by atoms with Gasteiger partial charge in [0.15, 0.2) is 5.82 Å². The number of rotatable bonds is 8. The number of anilines is 3. The summed E-state index contributed by atoms with van der Waals surface area (Å²) < 4.78 is 38.8. The van der Waals surface area contributed by atoms with Gasteiger partial charge in [0.25, 0.3) is 0 Å². The van der Waals surface area contributed by atoms with E-state index in [0.717, 1.165) is 50.4 Å². The van der Waals surface area contributed by atoms with E-state index in [0.29, 0.717) is 41.9 Å². The Labute approximate surface area is 221 Å². The maximum absolute atomic E-state index is 12.9. The van der Waals surface area contributed by atoms with Gasteiger partial charge in [-0.15, -0.1) is 15.3 Å². The molecule has 14 heteroatoms. The van der Waals surface area contributed by atoms with Gasteiger partial charge in [0, 0.05) is 50.7 Å². The van der Waals surface area contributed by atoms with Crippen LogP contribution in [-0.4, -0.2) is 68.4 Å². The lowest BCUT2D eigenvalue weighted by Gasteiger charge is -2.31. The predicted molar refractivity (Wildman–Crippen MR) is 137 cm³/mol. The van der Waals surface area contributed by atoms with Gasteiger partial charge in [-0.25, -0.2) is 0 Å². The summed E-state index contributed by atoms with van der Waals surface area (Å²) in [5.41, 5.74) is -0.195. The molecule has 202 valence electrons. The van der Waals surface area contributed by atoms with Gasteiger partial charge < -0.3 is 15.5 Å². The Hall–Kier alpha value is -3.39. The van der Waals surface area contributed by atoms with Gasteiger partial charge in [-0.1, -0.05) is 11.3 Å². The molecule has 2 fully saturated rings. The number of nitrogens with one attached hydrogen (secondary N) is 2. The maximum atomic E-state index is 12.9. The Kier molecular flexibility index (Phi) is 7.98. The van der Waals surface area contributed by atoms with Gasteiger partial charge in [0.05, 0.1) is 5.56 Å². The zero-order valence-corrected chi connectivity index (χ0v) is 21.4. The van der Waals surface area contributed by atoms with Crippen LogP contribution in [0.15, 0.2) is 36.8 Å². The van der Waals surface area contributed by atoms with E-state index in [1.165, 1.54) is 17.5 Å². The van der Waals surface area contributed by atoms with Gasteiger partial charge in [0.1, 0.15) is 0 Å². The Morgan fingerprint density at radius 1 is 1.08 bits per heavy atom. The highest BCUT2D eigenvalue weighted by atomic mass is 32.1. The number of halogens is 3. The summed E-state index contributed by atoms with van der Waals surface area (Å²) in [5.74, 6) is 0.949. The zero-order valence-electron chi connectivity index (χ0n) is 20.6. The van der Waals surface area contributed by atoms with Gasteiger partial charge >= 0.3 is 6.18 Å². The van der Waals surface area contributed by atoms with E-state index in [-0.39, 0.29) is 17.9 Å². The Morgan fingerprint density at radius 2 is 1.89 bits per heavy atom. The van der Waals surface area contributed by atoms with E-state index < -0.39 is 11.7 Å². The van der Waals surface area contributed by atoms with Crippen molar-refractivity contribution in [2.75, 3.05) is 41.7 Å². The minimum Gasteiger partial charge on any atom is -0.355 e. The Morgan fingerprint density at radius 3 is 2.66 bits per heavy atom. The van der Waals surface area contributed by atoms with Gasteiger partial charge in [-0.3, -0.25) is 14.7 Å². The van der Waals surface area contributed by atoms with Crippen molar-refractivity contribution in [2.24, 2.45) is 5.92 Å². The van der Waals surface area contributed by atoms with Gasteiger partial charge in [-0.05, 0) is 62.0 Å². The molecule has 1 atom stereocenters. The molecule has 3 aromatic heterocycles. The molecule has 0 spiro atoms. The van der Waals surface area contributed by atoms with Crippen molar-refractivity contribution in [1.29, 1.82) is 0 Å². The largest absolute Gasteiger partial charge is 0.417 e. The molecule has 5 heterocycles. The van der Waals surface area contributed by atoms with Crippen LogP contribution in [0.2, 0.25) is 0 Å². The maximum Gasteiger partial charge on any atom is 0.417 e. The fourth-order valence-corrected chi connectivity index (χ4v) is 5.56. The second kappa shape index (κ2) is 11.6. The molecule has 2 aliphatic heterocycles. The molecule has 2 N–H and O–H groups in total. The van der Waals surface area contributed by atoms with E-state index in [2.05, 4.69) is 45.8 Å². The third kappa shape index (κ3) is 6.92. The Balaban J connectivity index is 1.03. The summed E-state index contributed by atoms with van der Waals surface area (Å²) >= 11 is 1.31. The quantitative estimate of drug-likeness (QED) is 0.436. The molecule has 3 aromatic rings. The van der Waals surface area contributed by atoms with Crippen molar-refractivity contribution in [2.45, 2.75) is 44.4 Å². The number of carbonyl (C=O) groups excluding carboxylic acids is 1. The molecule has 0 bridgehead atoms. The average molecular weight is 548 g/mol. The monoisotopic (exact) mass is 547 g/mol. The van der Waals surface area contributed by atoms with Crippen molar-refractivity contribution in [3.05, 3.63) is 47.9 Å².